The maximum atomic E-state index is 11.5. The van der Waals surface area contributed by atoms with Crippen LogP contribution in [0.3, 0.4) is 0 Å². The summed E-state index contributed by atoms with van der Waals surface area (Å²) in [6.07, 6.45) is 8.61. The molecule has 24 heavy (non-hydrogen) atoms. The fraction of sp³-hybridized carbons (Fsp3) is 0.684. The first kappa shape index (κ1) is 20.6. The van der Waals surface area contributed by atoms with Crippen molar-refractivity contribution in [3.63, 3.8) is 0 Å². The van der Waals surface area contributed by atoms with Crippen LogP contribution in [-0.2, 0) is 24.1 Å². The van der Waals surface area contributed by atoms with E-state index >= 15 is 0 Å². The van der Waals surface area contributed by atoms with Gasteiger partial charge in [0.05, 0.1) is 13.5 Å². The quantitative estimate of drug-likeness (QED) is 0.290. The van der Waals surface area contributed by atoms with Gasteiger partial charge in [0.1, 0.15) is 11.7 Å². The zero-order valence-electron chi connectivity index (χ0n) is 15.5. The maximum absolute atomic E-state index is 11.5. The van der Waals surface area contributed by atoms with E-state index in [9.17, 15) is 9.59 Å². The van der Waals surface area contributed by atoms with Crippen LogP contribution in [0.25, 0.3) is 0 Å². The van der Waals surface area contributed by atoms with Gasteiger partial charge in [0.2, 0.25) is 0 Å². The first-order valence-electron chi connectivity index (χ1n) is 8.71. The van der Waals surface area contributed by atoms with Gasteiger partial charge < -0.3 is 4.74 Å². The summed E-state index contributed by atoms with van der Waals surface area (Å²) in [5, 5.41) is 0. The summed E-state index contributed by atoms with van der Waals surface area (Å²) in [7, 11) is 1.38. The average Bonchev–Trinajstić information content (AvgIpc) is 2.59. The molecule has 1 rings (SSSR count). The van der Waals surface area contributed by atoms with Crippen LogP contribution < -0.4 is 0 Å². The second-order valence-corrected chi connectivity index (χ2v) is 6.31. The first-order chi connectivity index (χ1) is 11.4. The second-order valence-electron chi connectivity index (χ2n) is 6.31. The van der Waals surface area contributed by atoms with E-state index in [1.54, 1.807) is 6.08 Å². The number of rotatable bonds is 8. The lowest BCUT2D eigenvalue weighted by atomic mass is 9.81. The largest absolute Gasteiger partial charge is 0.469 e. The highest BCUT2D eigenvalue weighted by molar-refractivity contribution is 5.87. The predicted octanol–water partition coefficient (Wildman–Crippen LogP) is 3.93. The zero-order chi connectivity index (χ0) is 18.2. The minimum Gasteiger partial charge on any atom is -0.469 e. The van der Waals surface area contributed by atoms with Gasteiger partial charge in [0.25, 0.3) is 0 Å². The summed E-state index contributed by atoms with van der Waals surface area (Å²) in [5.74, 6) is -0.0607. The van der Waals surface area contributed by atoms with Gasteiger partial charge in [-0.3, -0.25) is 9.59 Å². The van der Waals surface area contributed by atoms with Gasteiger partial charge in [-0.2, -0.15) is 0 Å². The molecule has 0 N–H and O–H groups in total. The Kier molecular flexibility index (Phi) is 8.36. The van der Waals surface area contributed by atoms with E-state index in [2.05, 4.69) is 19.9 Å². The highest BCUT2D eigenvalue weighted by atomic mass is 17.2. The Morgan fingerprint density at radius 2 is 1.96 bits per heavy atom. The van der Waals surface area contributed by atoms with E-state index in [0.717, 1.165) is 31.3 Å². The van der Waals surface area contributed by atoms with Crippen molar-refractivity contribution in [1.82, 2.24) is 0 Å². The molecule has 0 aromatic heterocycles. The number of methoxy groups -OCH3 is 1. The lowest BCUT2D eigenvalue weighted by Crippen LogP contribution is -2.44. The van der Waals surface area contributed by atoms with Crippen molar-refractivity contribution >= 4 is 11.8 Å². The molecule has 0 spiro atoms. The van der Waals surface area contributed by atoms with Gasteiger partial charge in [-0.15, -0.1) is 0 Å². The summed E-state index contributed by atoms with van der Waals surface area (Å²) >= 11 is 0. The SMILES string of the molecule is CCC(/C=C/C(C)=O)=C\[C@@]1(CC)C[C@H](CC)[C@H](CC(=O)OC)OO1. The van der Waals surface area contributed by atoms with Crippen LogP contribution in [0.1, 0.15) is 59.8 Å². The molecule has 0 saturated carbocycles. The molecule has 3 atom stereocenters. The van der Waals surface area contributed by atoms with Crippen molar-refractivity contribution in [2.24, 2.45) is 5.92 Å². The molecular formula is C19H30O5. The van der Waals surface area contributed by atoms with E-state index in [4.69, 9.17) is 14.5 Å². The molecule has 136 valence electrons. The normalized spacial score (nSPS) is 28.1. The lowest BCUT2D eigenvalue weighted by molar-refractivity contribution is -0.409. The Morgan fingerprint density at radius 1 is 1.25 bits per heavy atom. The highest BCUT2D eigenvalue weighted by Crippen LogP contribution is 2.38. The molecule has 0 bridgehead atoms. The summed E-state index contributed by atoms with van der Waals surface area (Å²) in [5.41, 5.74) is 0.511. The third-order valence-electron chi connectivity index (χ3n) is 4.58. The molecule has 0 aromatic carbocycles. The number of carbonyl (C=O) groups excluding carboxylic acids is 2. The third kappa shape index (κ3) is 5.87. The fourth-order valence-electron chi connectivity index (χ4n) is 2.92. The highest BCUT2D eigenvalue weighted by Gasteiger charge is 2.41. The Bertz CT molecular complexity index is 494. The van der Waals surface area contributed by atoms with Crippen LogP contribution in [0.15, 0.2) is 23.8 Å². The zero-order valence-corrected chi connectivity index (χ0v) is 15.5. The van der Waals surface area contributed by atoms with Crippen LogP contribution in [0.2, 0.25) is 0 Å². The molecule has 1 heterocycles. The minimum absolute atomic E-state index is 0.0188. The van der Waals surface area contributed by atoms with Crippen molar-refractivity contribution in [1.29, 1.82) is 0 Å². The first-order valence-corrected chi connectivity index (χ1v) is 8.71. The molecule has 0 radical (unpaired) electrons. The van der Waals surface area contributed by atoms with Crippen molar-refractivity contribution in [3.8, 4) is 0 Å². The molecule has 5 heteroatoms. The fourth-order valence-corrected chi connectivity index (χ4v) is 2.92. The third-order valence-corrected chi connectivity index (χ3v) is 4.58. The van der Waals surface area contributed by atoms with Gasteiger partial charge in [0, 0.05) is 0 Å². The van der Waals surface area contributed by atoms with Crippen LogP contribution >= 0.6 is 0 Å². The molecule has 1 aliphatic heterocycles. The van der Waals surface area contributed by atoms with Gasteiger partial charge in [-0.25, -0.2) is 9.78 Å². The Hall–Kier alpha value is -1.46. The Morgan fingerprint density at radius 3 is 2.46 bits per heavy atom. The molecular weight excluding hydrogens is 308 g/mol. The van der Waals surface area contributed by atoms with Crippen molar-refractivity contribution < 1.29 is 24.1 Å². The molecule has 5 nitrogen and oxygen atoms in total. The Labute approximate surface area is 145 Å². The number of ether oxygens (including phenoxy) is 1. The molecule has 0 amide bonds. The summed E-state index contributed by atoms with van der Waals surface area (Å²) < 4.78 is 4.73. The van der Waals surface area contributed by atoms with Gasteiger partial charge >= 0.3 is 5.97 Å². The molecule has 1 saturated heterocycles. The maximum Gasteiger partial charge on any atom is 0.308 e. The van der Waals surface area contributed by atoms with E-state index in [0.29, 0.717) is 0 Å². The smallest absolute Gasteiger partial charge is 0.308 e. The molecule has 0 aliphatic carbocycles. The van der Waals surface area contributed by atoms with E-state index in [1.165, 1.54) is 14.0 Å². The summed E-state index contributed by atoms with van der Waals surface area (Å²) in [6, 6.07) is 0. The number of carbonyl (C=O) groups is 2. The monoisotopic (exact) mass is 338 g/mol. The van der Waals surface area contributed by atoms with Crippen molar-refractivity contribution in [3.05, 3.63) is 23.8 Å². The predicted molar refractivity (Wildman–Crippen MR) is 92.2 cm³/mol. The molecule has 1 aliphatic rings. The van der Waals surface area contributed by atoms with Crippen molar-refractivity contribution in [2.75, 3.05) is 7.11 Å². The molecule has 0 aromatic rings. The van der Waals surface area contributed by atoms with Crippen LogP contribution in [0.5, 0.6) is 0 Å². The summed E-state index contributed by atoms with van der Waals surface area (Å²) in [4.78, 5) is 34.0. The molecule has 0 unspecified atom stereocenters. The van der Waals surface area contributed by atoms with Gasteiger partial charge in [-0.1, -0.05) is 33.3 Å². The number of hydrogen-bond acceptors (Lipinski definition) is 5. The van der Waals surface area contributed by atoms with E-state index in [1.807, 2.05) is 13.0 Å². The minimum atomic E-state index is -0.528. The summed E-state index contributed by atoms with van der Waals surface area (Å²) in [6.45, 7) is 7.71. The lowest BCUT2D eigenvalue weighted by Gasteiger charge is -2.41. The number of ketones is 1. The number of allylic oxidation sites excluding steroid dienone is 3. The molecule has 1 fully saturated rings. The van der Waals surface area contributed by atoms with Crippen molar-refractivity contribution in [2.45, 2.75) is 71.5 Å². The second kappa shape index (κ2) is 9.74. The standard InChI is InChI=1S/C19H30O5/c1-6-15(10-9-14(4)20)12-19(8-3)13-16(7-2)17(23-24-19)11-18(21)22-5/h9-10,12,16-17H,6-8,11,13H2,1-5H3/b10-9+,15-12+/t16-,17-,19-/m0/s1. The Balaban J connectivity index is 2.95. The van der Waals surface area contributed by atoms with E-state index in [-0.39, 0.29) is 30.2 Å². The van der Waals surface area contributed by atoms with Crippen LogP contribution in [0.4, 0.5) is 0 Å². The number of hydrogen-bond donors (Lipinski definition) is 0. The van der Waals surface area contributed by atoms with Gasteiger partial charge in [-0.05, 0) is 49.8 Å². The average molecular weight is 338 g/mol. The topological polar surface area (TPSA) is 61.8 Å². The van der Waals surface area contributed by atoms with E-state index < -0.39 is 5.60 Å². The van der Waals surface area contributed by atoms with Crippen LogP contribution in [0, 0.1) is 5.92 Å². The van der Waals surface area contributed by atoms with Crippen LogP contribution in [-0.4, -0.2) is 30.6 Å². The number of esters is 1. The van der Waals surface area contributed by atoms with Gasteiger partial charge in [0.15, 0.2) is 5.78 Å².